The molecule has 1 aliphatic rings. The smallest absolute Gasteiger partial charge is 0.225 e. The number of hydrogen-bond donors (Lipinski definition) is 2. The molecule has 1 fully saturated rings. The van der Waals surface area contributed by atoms with Crippen LogP contribution in [-0.2, 0) is 4.79 Å². The van der Waals surface area contributed by atoms with E-state index >= 15 is 0 Å². The Balaban J connectivity index is 0.00000288. The van der Waals surface area contributed by atoms with Crippen LogP contribution in [0.15, 0.2) is 24.3 Å². The maximum Gasteiger partial charge on any atom is 0.225 e. The van der Waals surface area contributed by atoms with Gasteiger partial charge in [0.05, 0.1) is 0 Å². The average Bonchev–Trinajstić information content (AvgIpc) is 3.06. The van der Waals surface area contributed by atoms with Crippen molar-refractivity contribution in [2.75, 3.05) is 38.1 Å². The Kier molecular flexibility index (Phi) is 12.7. The number of nitrogens with zero attached hydrogens (tertiary/aromatic N) is 1. The lowest BCUT2D eigenvalue weighted by Crippen LogP contribution is -2.28. The van der Waals surface area contributed by atoms with Crippen molar-refractivity contribution >= 4 is 36.4 Å². The minimum Gasteiger partial charge on any atom is -0.492 e. The first-order valence-corrected chi connectivity index (χ1v) is 8.69. The number of carbonyl (C=O) groups is 1. The van der Waals surface area contributed by atoms with Crippen LogP contribution in [-0.4, -0.2) is 49.6 Å². The van der Waals surface area contributed by atoms with Gasteiger partial charge in [0.15, 0.2) is 0 Å². The summed E-state index contributed by atoms with van der Waals surface area (Å²) in [6.45, 7) is 9.03. The van der Waals surface area contributed by atoms with Gasteiger partial charge in [0.1, 0.15) is 12.4 Å². The number of carbonyl (C=O) groups excluding carboxylic acids is 1. The van der Waals surface area contributed by atoms with Crippen LogP contribution in [0.4, 0.5) is 5.69 Å². The van der Waals surface area contributed by atoms with Crippen molar-refractivity contribution in [2.45, 2.75) is 39.2 Å². The highest BCUT2D eigenvalue weighted by Gasteiger charge is 2.17. The van der Waals surface area contributed by atoms with Gasteiger partial charge >= 0.3 is 0 Å². The Morgan fingerprint density at radius 1 is 1.24 bits per heavy atom. The van der Waals surface area contributed by atoms with Crippen LogP contribution in [0.5, 0.6) is 5.75 Å². The van der Waals surface area contributed by atoms with Crippen LogP contribution >= 0.6 is 24.8 Å². The minimum absolute atomic E-state index is 0. The summed E-state index contributed by atoms with van der Waals surface area (Å²) < 4.78 is 5.74. The quantitative estimate of drug-likeness (QED) is 0.677. The Morgan fingerprint density at radius 2 is 1.92 bits per heavy atom. The van der Waals surface area contributed by atoms with Gasteiger partial charge in [0.25, 0.3) is 0 Å². The van der Waals surface area contributed by atoms with Gasteiger partial charge in [-0.05, 0) is 56.7 Å². The van der Waals surface area contributed by atoms with Crippen molar-refractivity contribution in [1.29, 1.82) is 0 Å². The third kappa shape index (κ3) is 8.77. The molecule has 0 bridgehead atoms. The Labute approximate surface area is 163 Å². The number of rotatable bonds is 9. The highest BCUT2D eigenvalue weighted by Crippen LogP contribution is 2.17. The number of hydrogen-bond acceptors (Lipinski definition) is 4. The molecule has 0 aliphatic carbocycles. The molecular formula is C18H31Cl2N3O2. The summed E-state index contributed by atoms with van der Waals surface area (Å²) in [5.74, 6) is 0.909. The first-order chi connectivity index (χ1) is 11.2. The van der Waals surface area contributed by atoms with Crippen molar-refractivity contribution in [3.8, 4) is 5.75 Å². The predicted molar refractivity (Wildman–Crippen MR) is 108 cm³/mol. The molecule has 1 unspecified atom stereocenters. The van der Waals surface area contributed by atoms with Gasteiger partial charge in [0.2, 0.25) is 5.91 Å². The van der Waals surface area contributed by atoms with Crippen LogP contribution in [0.3, 0.4) is 0 Å². The largest absolute Gasteiger partial charge is 0.492 e. The van der Waals surface area contributed by atoms with Crippen LogP contribution in [0.2, 0.25) is 0 Å². The van der Waals surface area contributed by atoms with Crippen LogP contribution in [0.25, 0.3) is 0 Å². The SMILES string of the molecule is CCN(CC)CCOc1ccc(NC(=O)CC2CCCN2)cc1.Cl.Cl. The standard InChI is InChI=1S/C18H29N3O2.2ClH/c1-3-21(4-2)12-13-23-17-9-7-15(8-10-17)20-18(22)14-16-6-5-11-19-16;;/h7-10,16,19H,3-6,11-14H2,1-2H3,(H,20,22);2*1H. The van der Waals surface area contributed by atoms with E-state index < -0.39 is 0 Å². The first-order valence-electron chi connectivity index (χ1n) is 8.69. The number of benzene rings is 1. The van der Waals surface area contributed by atoms with Crippen molar-refractivity contribution in [2.24, 2.45) is 0 Å². The highest BCUT2D eigenvalue weighted by molar-refractivity contribution is 5.91. The second-order valence-corrected chi connectivity index (χ2v) is 5.95. The van der Waals surface area contributed by atoms with Gasteiger partial charge in [0, 0.05) is 24.7 Å². The molecule has 0 spiro atoms. The number of halogens is 2. The van der Waals surface area contributed by atoms with Crippen LogP contribution in [0, 0.1) is 0 Å². The zero-order chi connectivity index (χ0) is 16.5. The normalized spacial score (nSPS) is 16.0. The zero-order valence-corrected chi connectivity index (χ0v) is 16.8. The molecule has 1 aromatic carbocycles. The third-order valence-corrected chi connectivity index (χ3v) is 4.30. The second-order valence-electron chi connectivity index (χ2n) is 5.95. The monoisotopic (exact) mass is 391 g/mol. The summed E-state index contributed by atoms with van der Waals surface area (Å²) in [7, 11) is 0. The molecule has 0 aromatic heterocycles. The third-order valence-electron chi connectivity index (χ3n) is 4.30. The van der Waals surface area contributed by atoms with Gasteiger partial charge in [-0.2, -0.15) is 0 Å². The maximum absolute atomic E-state index is 12.0. The summed E-state index contributed by atoms with van der Waals surface area (Å²) >= 11 is 0. The van der Waals surface area contributed by atoms with Gasteiger partial charge in [-0.25, -0.2) is 0 Å². The van der Waals surface area contributed by atoms with E-state index in [1.807, 2.05) is 24.3 Å². The average molecular weight is 392 g/mol. The molecule has 0 radical (unpaired) electrons. The van der Waals surface area contributed by atoms with Gasteiger partial charge in [-0.1, -0.05) is 13.8 Å². The van der Waals surface area contributed by atoms with E-state index in [1.54, 1.807) is 0 Å². The fourth-order valence-electron chi connectivity index (χ4n) is 2.83. The maximum atomic E-state index is 12.0. The zero-order valence-electron chi connectivity index (χ0n) is 15.1. The van der Waals surface area contributed by atoms with Crippen molar-refractivity contribution in [3.63, 3.8) is 0 Å². The number of amides is 1. The fourth-order valence-corrected chi connectivity index (χ4v) is 2.83. The van der Waals surface area contributed by atoms with E-state index in [0.29, 0.717) is 19.1 Å². The Bertz CT molecular complexity index is 476. The first kappa shape index (κ1) is 24.0. The molecule has 7 heteroatoms. The molecule has 2 N–H and O–H groups in total. The molecule has 0 saturated carbocycles. The Hall–Kier alpha value is -1.01. The molecule has 1 amide bonds. The van der Waals surface area contributed by atoms with Crippen LogP contribution < -0.4 is 15.4 Å². The van der Waals surface area contributed by atoms with Crippen LogP contribution in [0.1, 0.15) is 33.1 Å². The lowest BCUT2D eigenvalue weighted by atomic mass is 10.1. The summed E-state index contributed by atoms with van der Waals surface area (Å²) in [5, 5.41) is 6.29. The van der Waals surface area contributed by atoms with Crippen molar-refractivity contribution < 1.29 is 9.53 Å². The van der Waals surface area contributed by atoms with Gasteiger partial charge in [-0.15, -0.1) is 24.8 Å². The molecule has 1 aromatic rings. The fraction of sp³-hybridized carbons (Fsp3) is 0.611. The Morgan fingerprint density at radius 3 is 2.48 bits per heavy atom. The molecule has 144 valence electrons. The number of likely N-dealkylation sites (N-methyl/N-ethyl adjacent to an activating group) is 1. The van der Waals surface area contributed by atoms with E-state index in [-0.39, 0.29) is 30.7 Å². The van der Waals surface area contributed by atoms with E-state index in [0.717, 1.165) is 50.5 Å². The predicted octanol–water partition coefficient (Wildman–Crippen LogP) is 3.33. The van der Waals surface area contributed by atoms with E-state index in [4.69, 9.17) is 4.74 Å². The molecule has 1 aliphatic heterocycles. The van der Waals surface area contributed by atoms with Gasteiger partial charge in [-0.3, -0.25) is 4.79 Å². The number of nitrogens with one attached hydrogen (secondary N) is 2. The highest BCUT2D eigenvalue weighted by atomic mass is 35.5. The molecule has 1 heterocycles. The minimum atomic E-state index is 0. The molecule has 1 atom stereocenters. The molecule has 25 heavy (non-hydrogen) atoms. The lowest BCUT2D eigenvalue weighted by molar-refractivity contribution is -0.116. The molecular weight excluding hydrogens is 361 g/mol. The molecule has 2 rings (SSSR count). The topological polar surface area (TPSA) is 53.6 Å². The van der Waals surface area contributed by atoms with E-state index in [1.165, 1.54) is 0 Å². The molecule has 5 nitrogen and oxygen atoms in total. The van der Waals surface area contributed by atoms with Crippen molar-refractivity contribution in [1.82, 2.24) is 10.2 Å². The summed E-state index contributed by atoms with van der Waals surface area (Å²) in [4.78, 5) is 14.3. The summed E-state index contributed by atoms with van der Waals surface area (Å²) in [6, 6.07) is 7.94. The van der Waals surface area contributed by atoms with E-state index in [9.17, 15) is 4.79 Å². The van der Waals surface area contributed by atoms with Gasteiger partial charge < -0.3 is 20.3 Å². The van der Waals surface area contributed by atoms with Crippen molar-refractivity contribution in [3.05, 3.63) is 24.3 Å². The number of anilines is 1. The summed E-state index contributed by atoms with van der Waals surface area (Å²) in [6.07, 6.45) is 2.80. The van der Waals surface area contributed by atoms with E-state index in [2.05, 4.69) is 29.4 Å². The molecule has 1 saturated heterocycles. The number of ether oxygens (including phenoxy) is 1. The lowest BCUT2D eigenvalue weighted by Gasteiger charge is -2.18. The summed E-state index contributed by atoms with van der Waals surface area (Å²) in [5.41, 5.74) is 0.823. The second kappa shape index (κ2) is 13.2.